The summed E-state index contributed by atoms with van der Waals surface area (Å²) in [5.41, 5.74) is 0.806. The minimum atomic E-state index is -0.107. The molecule has 2 aromatic rings. The van der Waals surface area contributed by atoms with Crippen LogP contribution in [0.2, 0.25) is 0 Å². The van der Waals surface area contributed by atoms with Crippen LogP contribution in [0.1, 0.15) is 10.7 Å². The van der Waals surface area contributed by atoms with Gasteiger partial charge in [0, 0.05) is 18.5 Å². The Hall–Kier alpha value is -1.40. The molecular weight excluding hydrogens is 260 g/mol. The Morgan fingerprint density at radius 2 is 2.47 bits per heavy atom. The quantitative estimate of drug-likeness (QED) is 0.862. The Morgan fingerprint density at radius 1 is 1.65 bits per heavy atom. The van der Waals surface area contributed by atoms with E-state index >= 15 is 0 Å². The fourth-order valence-corrected chi connectivity index (χ4v) is 2.33. The lowest BCUT2D eigenvalue weighted by molar-refractivity contribution is -0.115. The van der Waals surface area contributed by atoms with Crippen LogP contribution in [-0.2, 0) is 24.1 Å². The van der Waals surface area contributed by atoms with Crippen molar-refractivity contribution >= 4 is 34.7 Å². The van der Waals surface area contributed by atoms with Crippen LogP contribution in [-0.4, -0.2) is 20.7 Å². The van der Waals surface area contributed by atoms with Crippen molar-refractivity contribution in [2.45, 2.75) is 12.3 Å². The second-order valence-corrected chi connectivity index (χ2v) is 4.64. The first-order valence-corrected chi connectivity index (χ1v) is 6.37. The van der Waals surface area contributed by atoms with Crippen LogP contribution in [0.4, 0.5) is 5.82 Å². The van der Waals surface area contributed by atoms with Crippen LogP contribution < -0.4 is 5.32 Å². The molecule has 0 aliphatic carbocycles. The third kappa shape index (κ3) is 3.04. The molecule has 0 aliphatic rings. The molecular formula is C10H11ClN4OS. The largest absolute Gasteiger partial charge is 0.311 e. The second kappa shape index (κ2) is 5.29. The van der Waals surface area contributed by atoms with Crippen molar-refractivity contribution in [3.05, 3.63) is 28.3 Å². The summed E-state index contributed by atoms with van der Waals surface area (Å²) in [5.74, 6) is 0.938. The Balaban J connectivity index is 1.95. The Bertz CT molecular complexity index is 522. The zero-order valence-electron chi connectivity index (χ0n) is 9.18. The number of carbonyl (C=O) groups excluding carboxylic acids is 1. The summed E-state index contributed by atoms with van der Waals surface area (Å²) in [6.45, 7) is 0. The highest BCUT2D eigenvalue weighted by atomic mass is 35.5. The molecule has 0 bridgehead atoms. The molecule has 0 saturated carbocycles. The summed E-state index contributed by atoms with van der Waals surface area (Å²) in [7, 11) is 1.77. The number of hydrogen-bond donors (Lipinski definition) is 1. The number of nitrogens with one attached hydrogen (secondary N) is 1. The fourth-order valence-electron chi connectivity index (χ4n) is 1.31. The van der Waals surface area contributed by atoms with E-state index in [1.54, 1.807) is 24.0 Å². The summed E-state index contributed by atoms with van der Waals surface area (Å²) in [6.07, 6.45) is 1.89. The van der Waals surface area contributed by atoms with Crippen molar-refractivity contribution in [2.75, 3.05) is 5.32 Å². The highest BCUT2D eigenvalue weighted by Crippen LogP contribution is 2.13. The van der Waals surface area contributed by atoms with Gasteiger partial charge in [0.25, 0.3) is 0 Å². The summed E-state index contributed by atoms with van der Waals surface area (Å²) in [6, 6.07) is 1.74. The standard InChI is InChI=1S/C10H11ClN4OS/c1-15-8(2-3-12-15)14-9(16)4-10-13-7(5-11)6-17-10/h2-3,6H,4-5H2,1H3,(H,14,16). The molecule has 2 aromatic heterocycles. The van der Waals surface area contributed by atoms with Gasteiger partial charge in [-0.15, -0.1) is 22.9 Å². The van der Waals surface area contributed by atoms with Gasteiger partial charge in [0.1, 0.15) is 10.8 Å². The van der Waals surface area contributed by atoms with Crippen molar-refractivity contribution in [1.82, 2.24) is 14.8 Å². The van der Waals surface area contributed by atoms with Crippen molar-refractivity contribution in [2.24, 2.45) is 7.05 Å². The average Bonchev–Trinajstić information content (AvgIpc) is 2.89. The number of thiazole rings is 1. The van der Waals surface area contributed by atoms with Crippen LogP contribution in [0.15, 0.2) is 17.6 Å². The predicted octanol–water partition coefficient (Wildman–Crippen LogP) is 1.80. The zero-order chi connectivity index (χ0) is 12.3. The number of alkyl halides is 1. The monoisotopic (exact) mass is 270 g/mol. The summed E-state index contributed by atoms with van der Waals surface area (Å²) < 4.78 is 1.60. The molecule has 0 radical (unpaired) electrons. The van der Waals surface area contributed by atoms with Crippen molar-refractivity contribution < 1.29 is 4.79 Å². The van der Waals surface area contributed by atoms with Crippen molar-refractivity contribution in [3.8, 4) is 0 Å². The maximum absolute atomic E-state index is 11.7. The molecule has 1 amide bonds. The third-order valence-electron chi connectivity index (χ3n) is 2.14. The number of hydrogen-bond acceptors (Lipinski definition) is 4. The molecule has 90 valence electrons. The number of amides is 1. The molecule has 1 N–H and O–H groups in total. The molecule has 5 nitrogen and oxygen atoms in total. The normalized spacial score (nSPS) is 10.5. The van der Waals surface area contributed by atoms with Gasteiger partial charge in [0.05, 0.1) is 24.2 Å². The second-order valence-electron chi connectivity index (χ2n) is 3.43. The summed E-state index contributed by atoms with van der Waals surface area (Å²) >= 11 is 7.09. The lowest BCUT2D eigenvalue weighted by Crippen LogP contribution is -2.16. The first-order chi connectivity index (χ1) is 8.19. The van der Waals surface area contributed by atoms with Crippen molar-refractivity contribution in [1.29, 1.82) is 0 Å². The van der Waals surface area contributed by atoms with Crippen molar-refractivity contribution in [3.63, 3.8) is 0 Å². The van der Waals surface area contributed by atoms with E-state index in [9.17, 15) is 4.79 Å². The van der Waals surface area contributed by atoms with E-state index in [0.29, 0.717) is 11.7 Å². The Kier molecular flexibility index (Phi) is 3.75. The average molecular weight is 271 g/mol. The van der Waals surface area contributed by atoms with Crippen LogP contribution in [0, 0.1) is 0 Å². The van der Waals surface area contributed by atoms with E-state index in [2.05, 4.69) is 15.4 Å². The van der Waals surface area contributed by atoms with Gasteiger partial charge < -0.3 is 5.32 Å². The fraction of sp³-hybridized carbons (Fsp3) is 0.300. The van der Waals surface area contributed by atoms with Gasteiger partial charge in [0.2, 0.25) is 5.91 Å². The van der Waals surface area contributed by atoms with Crippen LogP contribution in [0.5, 0.6) is 0 Å². The van der Waals surface area contributed by atoms with Gasteiger partial charge in [-0.2, -0.15) is 5.10 Å². The SMILES string of the molecule is Cn1nccc1NC(=O)Cc1nc(CCl)cs1. The number of rotatable bonds is 4. The van der Waals surface area contributed by atoms with E-state index in [4.69, 9.17) is 11.6 Å². The molecule has 17 heavy (non-hydrogen) atoms. The van der Waals surface area contributed by atoms with E-state index < -0.39 is 0 Å². The Labute approximate surface area is 107 Å². The molecule has 0 aliphatic heterocycles. The number of halogens is 1. The van der Waals surface area contributed by atoms with E-state index in [1.807, 2.05) is 5.38 Å². The topological polar surface area (TPSA) is 59.8 Å². The molecule has 7 heteroatoms. The maximum Gasteiger partial charge on any atom is 0.232 e. The van der Waals surface area contributed by atoms with Gasteiger partial charge >= 0.3 is 0 Å². The predicted molar refractivity (Wildman–Crippen MR) is 67.2 cm³/mol. The summed E-state index contributed by atoms with van der Waals surface area (Å²) in [4.78, 5) is 15.9. The molecule has 0 aromatic carbocycles. The number of aromatic nitrogens is 3. The van der Waals surface area contributed by atoms with E-state index in [1.165, 1.54) is 11.3 Å². The van der Waals surface area contributed by atoms with Crippen LogP contribution >= 0.6 is 22.9 Å². The lowest BCUT2D eigenvalue weighted by Gasteiger charge is -2.03. The highest BCUT2D eigenvalue weighted by molar-refractivity contribution is 7.09. The third-order valence-corrected chi connectivity index (χ3v) is 3.31. The molecule has 0 saturated heterocycles. The summed E-state index contributed by atoms with van der Waals surface area (Å²) in [5, 5.41) is 9.35. The van der Waals surface area contributed by atoms with Gasteiger partial charge in [-0.3, -0.25) is 9.48 Å². The zero-order valence-corrected chi connectivity index (χ0v) is 10.8. The maximum atomic E-state index is 11.7. The van der Waals surface area contributed by atoms with Crippen LogP contribution in [0.3, 0.4) is 0 Å². The van der Waals surface area contributed by atoms with E-state index in [-0.39, 0.29) is 12.3 Å². The van der Waals surface area contributed by atoms with Gasteiger partial charge in [-0.25, -0.2) is 4.98 Å². The van der Waals surface area contributed by atoms with Gasteiger partial charge in [-0.05, 0) is 0 Å². The minimum absolute atomic E-state index is 0.107. The van der Waals surface area contributed by atoms with Crippen LogP contribution in [0.25, 0.3) is 0 Å². The number of nitrogens with zero attached hydrogens (tertiary/aromatic N) is 3. The Morgan fingerprint density at radius 3 is 3.06 bits per heavy atom. The molecule has 0 spiro atoms. The smallest absolute Gasteiger partial charge is 0.232 e. The molecule has 0 fully saturated rings. The molecule has 0 atom stereocenters. The number of aryl methyl sites for hydroxylation is 1. The first kappa shape index (κ1) is 12.1. The minimum Gasteiger partial charge on any atom is -0.311 e. The highest BCUT2D eigenvalue weighted by Gasteiger charge is 2.09. The first-order valence-electron chi connectivity index (χ1n) is 4.96. The number of carbonyl (C=O) groups is 1. The lowest BCUT2D eigenvalue weighted by atomic mass is 10.4. The van der Waals surface area contributed by atoms with E-state index in [0.717, 1.165) is 10.7 Å². The van der Waals surface area contributed by atoms with Gasteiger partial charge in [0.15, 0.2) is 0 Å². The molecule has 2 rings (SSSR count). The number of anilines is 1. The molecule has 0 unspecified atom stereocenters. The molecule has 2 heterocycles. The van der Waals surface area contributed by atoms with Gasteiger partial charge in [-0.1, -0.05) is 0 Å².